The zero-order valence-corrected chi connectivity index (χ0v) is 18.2. The van der Waals surface area contributed by atoms with Crippen molar-refractivity contribution in [3.8, 4) is 28.4 Å². The van der Waals surface area contributed by atoms with Crippen LogP contribution in [-0.4, -0.2) is 38.1 Å². The number of aromatic nitrogens is 4. The quantitative estimate of drug-likeness (QED) is 0.280. The van der Waals surface area contributed by atoms with Crippen LogP contribution < -0.4 is 15.9 Å². The van der Waals surface area contributed by atoms with Crippen LogP contribution in [-0.2, 0) is 4.79 Å². The smallest absolute Gasteiger partial charge is 0.387 e. The fraction of sp³-hybridized carbons (Fsp3) is 0.100. The Morgan fingerprint density at radius 2 is 1.82 bits per heavy atom. The van der Waals surface area contributed by atoms with E-state index in [0.29, 0.717) is 27.4 Å². The minimum absolute atomic E-state index is 0.00195. The number of rotatable bonds is 8. The Kier molecular flexibility index (Phi) is 6.79. The van der Waals surface area contributed by atoms with Gasteiger partial charge in [0.05, 0.1) is 11.4 Å². The summed E-state index contributed by atoms with van der Waals surface area (Å²) in [6.45, 7) is -2.91. The summed E-state index contributed by atoms with van der Waals surface area (Å²) in [5.41, 5.74) is 1.90. The summed E-state index contributed by atoms with van der Waals surface area (Å²) >= 11 is 2.32. The number of ether oxygens (including phenoxy) is 1. The third-order valence-electron chi connectivity index (χ3n) is 4.23. The molecule has 0 saturated heterocycles. The number of halogens is 3. The lowest BCUT2D eigenvalue weighted by Gasteiger charge is -2.06. The van der Waals surface area contributed by atoms with E-state index >= 15 is 0 Å². The number of hydrogen-bond donors (Lipinski definition) is 2. The summed E-state index contributed by atoms with van der Waals surface area (Å²) in [5, 5.41) is 13.1. The highest BCUT2D eigenvalue weighted by atomic mass is 32.2. The molecule has 33 heavy (non-hydrogen) atoms. The van der Waals surface area contributed by atoms with E-state index in [4.69, 9.17) is 5.84 Å². The lowest BCUT2D eigenvalue weighted by atomic mass is 10.2. The number of anilines is 1. The van der Waals surface area contributed by atoms with Gasteiger partial charge in [0.2, 0.25) is 11.1 Å². The van der Waals surface area contributed by atoms with Crippen LogP contribution in [0.5, 0.6) is 5.75 Å². The maximum absolute atomic E-state index is 13.1. The molecule has 2 aromatic heterocycles. The van der Waals surface area contributed by atoms with Crippen molar-refractivity contribution in [2.45, 2.75) is 11.8 Å². The molecule has 0 radical (unpaired) electrons. The molecule has 170 valence electrons. The summed E-state index contributed by atoms with van der Waals surface area (Å²) < 4.78 is 43.1. The largest absolute Gasteiger partial charge is 0.435 e. The van der Waals surface area contributed by atoms with Gasteiger partial charge >= 0.3 is 6.61 Å². The summed E-state index contributed by atoms with van der Waals surface area (Å²) in [5.74, 6) is 5.67. The van der Waals surface area contributed by atoms with Crippen LogP contribution in [0.1, 0.15) is 0 Å². The van der Waals surface area contributed by atoms with Gasteiger partial charge in [0.25, 0.3) is 0 Å². The molecule has 1 amide bonds. The average molecular weight is 493 g/mol. The predicted octanol–water partition coefficient (Wildman–Crippen LogP) is 4.25. The third kappa shape index (κ3) is 5.62. The molecule has 4 rings (SSSR count). The number of carbonyl (C=O) groups is 1. The summed E-state index contributed by atoms with van der Waals surface area (Å²) in [6, 6.07) is 11.7. The van der Waals surface area contributed by atoms with Gasteiger partial charge in [-0.25, -0.2) is 14.1 Å². The molecule has 8 nitrogen and oxygen atoms in total. The molecule has 0 aliphatic rings. The molecular formula is C20H15F3N6O2S2. The first kappa shape index (κ1) is 22.6. The van der Waals surface area contributed by atoms with Crippen molar-refractivity contribution in [2.24, 2.45) is 0 Å². The number of nitrogens with two attached hydrogens (primary N) is 1. The Hall–Kier alpha value is -3.58. The number of benzene rings is 2. The Bertz CT molecular complexity index is 1250. The van der Waals surface area contributed by atoms with Crippen molar-refractivity contribution in [2.75, 3.05) is 16.9 Å². The fourth-order valence-electron chi connectivity index (χ4n) is 2.73. The zero-order chi connectivity index (χ0) is 23.4. The summed E-state index contributed by atoms with van der Waals surface area (Å²) in [7, 11) is 0. The van der Waals surface area contributed by atoms with Crippen molar-refractivity contribution in [3.63, 3.8) is 0 Å². The molecule has 0 aliphatic carbocycles. The van der Waals surface area contributed by atoms with E-state index in [1.807, 2.05) is 0 Å². The van der Waals surface area contributed by atoms with E-state index in [2.05, 4.69) is 25.2 Å². The molecule has 0 atom stereocenters. The number of carbonyl (C=O) groups excluding carboxylic acids is 1. The molecule has 0 fully saturated rings. The normalized spacial score (nSPS) is 11.0. The number of hydrogen-bond acceptors (Lipinski definition) is 8. The number of amides is 1. The van der Waals surface area contributed by atoms with E-state index in [1.165, 1.54) is 52.4 Å². The standard InChI is InChI=1S/C20H15F3N6O2S2/c21-13-5-1-11(2-6-13)15-9-32-19(25-15)26-16(30)10-33-20-28-27-17(29(20)24)12-3-7-14(8-4-12)31-18(22)23/h1-9,18H,10,24H2,(H,25,26,30). The monoisotopic (exact) mass is 492 g/mol. The molecule has 0 unspecified atom stereocenters. The van der Waals surface area contributed by atoms with Crippen LogP contribution in [0.15, 0.2) is 59.1 Å². The zero-order valence-electron chi connectivity index (χ0n) is 16.6. The number of nitrogens with one attached hydrogen (secondary N) is 1. The maximum atomic E-state index is 13.1. The second kappa shape index (κ2) is 9.92. The highest BCUT2D eigenvalue weighted by Crippen LogP contribution is 2.26. The molecule has 0 saturated carbocycles. The molecule has 2 aromatic carbocycles. The molecule has 0 aliphatic heterocycles. The van der Waals surface area contributed by atoms with Gasteiger partial charge in [0.15, 0.2) is 11.0 Å². The minimum atomic E-state index is -2.91. The van der Waals surface area contributed by atoms with Crippen molar-refractivity contribution >= 4 is 34.1 Å². The van der Waals surface area contributed by atoms with Crippen LogP contribution in [0, 0.1) is 5.82 Å². The lowest BCUT2D eigenvalue weighted by Crippen LogP contribution is -2.16. The van der Waals surface area contributed by atoms with Crippen molar-refractivity contribution < 1.29 is 22.7 Å². The van der Waals surface area contributed by atoms with Crippen molar-refractivity contribution in [1.29, 1.82) is 0 Å². The molecule has 0 bridgehead atoms. The molecule has 3 N–H and O–H groups in total. The first-order valence-corrected chi connectivity index (χ1v) is 11.2. The van der Waals surface area contributed by atoms with E-state index in [0.717, 1.165) is 17.3 Å². The van der Waals surface area contributed by atoms with E-state index in [1.54, 1.807) is 17.5 Å². The second-order valence-corrected chi connectivity index (χ2v) is 8.26. The molecule has 13 heteroatoms. The second-order valence-electron chi connectivity index (χ2n) is 6.46. The Balaban J connectivity index is 1.34. The highest BCUT2D eigenvalue weighted by Gasteiger charge is 2.15. The van der Waals surface area contributed by atoms with Gasteiger partial charge in [-0.3, -0.25) is 4.79 Å². The molecular weight excluding hydrogens is 477 g/mol. The van der Waals surface area contributed by atoms with Gasteiger partial charge in [-0.05, 0) is 48.5 Å². The van der Waals surface area contributed by atoms with Gasteiger partial charge in [-0.2, -0.15) is 8.78 Å². The van der Waals surface area contributed by atoms with Crippen LogP contribution in [0.25, 0.3) is 22.6 Å². The van der Waals surface area contributed by atoms with E-state index in [9.17, 15) is 18.0 Å². The van der Waals surface area contributed by atoms with Gasteiger partial charge in [-0.1, -0.05) is 11.8 Å². The van der Waals surface area contributed by atoms with Gasteiger partial charge in [0, 0.05) is 16.5 Å². The van der Waals surface area contributed by atoms with Crippen LogP contribution in [0.4, 0.5) is 18.3 Å². The van der Waals surface area contributed by atoms with Gasteiger partial charge in [-0.15, -0.1) is 21.5 Å². The van der Waals surface area contributed by atoms with Gasteiger partial charge < -0.3 is 15.9 Å². The Morgan fingerprint density at radius 1 is 1.12 bits per heavy atom. The number of alkyl halides is 2. The van der Waals surface area contributed by atoms with Crippen molar-refractivity contribution in [1.82, 2.24) is 19.9 Å². The molecule has 4 aromatic rings. The number of thiazole rings is 1. The first-order valence-electron chi connectivity index (χ1n) is 9.29. The maximum Gasteiger partial charge on any atom is 0.387 e. The minimum Gasteiger partial charge on any atom is -0.435 e. The fourth-order valence-corrected chi connectivity index (χ4v) is 4.12. The highest BCUT2D eigenvalue weighted by molar-refractivity contribution is 7.99. The van der Waals surface area contributed by atoms with Crippen LogP contribution in [0.2, 0.25) is 0 Å². The number of nitrogens with zero attached hydrogens (tertiary/aromatic N) is 4. The number of nitrogen functional groups attached to an aromatic ring is 1. The average Bonchev–Trinajstić information content (AvgIpc) is 3.40. The van der Waals surface area contributed by atoms with E-state index < -0.39 is 6.61 Å². The molecule has 2 heterocycles. The predicted molar refractivity (Wildman–Crippen MR) is 119 cm³/mol. The molecule has 0 spiro atoms. The Morgan fingerprint density at radius 3 is 2.52 bits per heavy atom. The van der Waals surface area contributed by atoms with Crippen molar-refractivity contribution in [3.05, 3.63) is 59.7 Å². The number of thioether (sulfide) groups is 1. The third-order valence-corrected chi connectivity index (χ3v) is 5.93. The Labute approximate surface area is 193 Å². The summed E-state index contributed by atoms with van der Waals surface area (Å²) in [4.78, 5) is 16.6. The van der Waals surface area contributed by atoms with Crippen LogP contribution in [0.3, 0.4) is 0 Å². The van der Waals surface area contributed by atoms with E-state index in [-0.39, 0.29) is 23.2 Å². The first-order chi connectivity index (χ1) is 15.9. The topological polar surface area (TPSA) is 108 Å². The lowest BCUT2D eigenvalue weighted by molar-refractivity contribution is -0.113. The summed E-state index contributed by atoms with van der Waals surface area (Å²) in [6.07, 6.45) is 0. The van der Waals surface area contributed by atoms with Gasteiger partial charge in [0.1, 0.15) is 11.6 Å². The SMILES string of the molecule is Nn1c(SCC(=O)Nc2nc(-c3ccc(F)cc3)cs2)nnc1-c1ccc(OC(F)F)cc1. The van der Waals surface area contributed by atoms with Crippen LogP contribution >= 0.6 is 23.1 Å².